The third kappa shape index (κ3) is 4.72. The molecule has 0 heterocycles. The van der Waals surface area contributed by atoms with Gasteiger partial charge in [-0.25, -0.2) is 0 Å². The molecule has 0 bridgehead atoms. The van der Waals surface area contributed by atoms with Crippen molar-refractivity contribution in [1.29, 1.82) is 0 Å². The molecular weight excluding hydrogens is 252 g/mol. The zero-order chi connectivity index (χ0) is 15.0. The lowest BCUT2D eigenvalue weighted by Gasteiger charge is -2.14. The summed E-state index contributed by atoms with van der Waals surface area (Å²) in [4.78, 5) is 10.8. The SMILES string of the molecule is CCC/C(=C\CC(=O)O)c1ccc(OCC)cc1CC. The topological polar surface area (TPSA) is 46.5 Å². The van der Waals surface area contributed by atoms with E-state index in [1.807, 2.05) is 25.1 Å². The zero-order valence-corrected chi connectivity index (χ0v) is 12.6. The molecule has 1 aromatic rings. The van der Waals surface area contributed by atoms with Gasteiger partial charge in [-0.2, -0.15) is 0 Å². The van der Waals surface area contributed by atoms with Crippen molar-refractivity contribution in [2.45, 2.75) is 46.5 Å². The summed E-state index contributed by atoms with van der Waals surface area (Å²) in [6, 6.07) is 6.07. The molecule has 110 valence electrons. The molecule has 1 N–H and O–H groups in total. The van der Waals surface area contributed by atoms with Crippen molar-refractivity contribution >= 4 is 11.5 Å². The summed E-state index contributed by atoms with van der Waals surface area (Å²) >= 11 is 0. The van der Waals surface area contributed by atoms with Crippen LogP contribution < -0.4 is 4.74 Å². The van der Waals surface area contributed by atoms with Gasteiger partial charge in [0.25, 0.3) is 0 Å². The van der Waals surface area contributed by atoms with E-state index in [9.17, 15) is 4.79 Å². The van der Waals surface area contributed by atoms with Crippen LogP contribution >= 0.6 is 0 Å². The molecule has 0 aliphatic heterocycles. The molecule has 0 saturated heterocycles. The van der Waals surface area contributed by atoms with E-state index in [0.29, 0.717) is 6.61 Å². The summed E-state index contributed by atoms with van der Waals surface area (Å²) in [5, 5.41) is 8.85. The summed E-state index contributed by atoms with van der Waals surface area (Å²) in [5.74, 6) is 0.0878. The van der Waals surface area contributed by atoms with Gasteiger partial charge in [-0.1, -0.05) is 32.4 Å². The highest BCUT2D eigenvalue weighted by Gasteiger charge is 2.08. The summed E-state index contributed by atoms with van der Waals surface area (Å²) in [7, 11) is 0. The molecule has 3 nitrogen and oxygen atoms in total. The van der Waals surface area contributed by atoms with Crippen LogP contribution in [0.4, 0.5) is 0 Å². The van der Waals surface area contributed by atoms with Gasteiger partial charge in [0, 0.05) is 0 Å². The highest BCUT2D eigenvalue weighted by atomic mass is 16.5. The molecule has 0 amide bonds. The molecule has 1 aromatic carbocycles. The fourth-order valence-corrected chi connectivity index (χ4v) is 2.26. The molecule has 0 spiro atoms. The maximum absolute atomic E-state index is 10.8. The number of carboxylic acids is 1. The zero-order valence-electron chi connectivity index (χ0n) is 12.6. The minimum Gasteiger partial charge on any atom is -0.494 e. The molecule has 0 saturated carbocycles. The van der Waals surface area contributed by atoms with Crippen LogP contribution in [0.15, 0.2) is 24.3 Å². The molecular formula is C17H24O3. The van der Waals surface area contributed by atoms with Gasteiger partial charge < -0.3 is 9.84 Å². The Morgan fingerprint density at radius 2 is 2.05 bits per heavy atom. The number of aliphatic carboxylic acids is 1. The number of ether oxygens (including phenoxy) is 1. The van der Waals surface area contributed by atoms with E-state index >= 15 is 0 Å². The molecule has 0 aliphatic rings. The summed E-state index contributed by atoms with van der Waals surface area (Å²) in [5.41, 5.74) is 3.48. The van der Waals surface area contributed by atoms with E-state index in [-0.39, 0.29) is 6.42 Å². The second-order valence-corrected chi connectivity index (χ2v) is 4.68. The Morgan fingerprint density at radius 3 is 2.60 bits per heavy atom. The number of carboxylic acid groups (broad SMARTS) is 1. The fraction of sp³-hybridized carbons (Fsp3) is 0.471. The van der Waals surface area contributed by atoms with Crippen molar-refractivity contribution in [1.82, 2.24) is 0 Å². The Bertz CT molecular complexity index is 475. The lowest BCUT2D eigenvalue weighted by Crippen LogP contribution is -1.98. The van der Waals surface area contributed by atoms with Crippen molar-refractivity contribution < 1.29 is 14.6 Å². The van der Waals surface area contributed by atoms with E-state index in [0.717, 1.165) is 36.1 Å². The normalized spacial score (nSPS) is 11.4. The monoisotopic (exact) mass is 276 g/mol. The summed E-state index contributed by atoms with van der Waals surface area (Å²) in [6.07, 6.45) is 4.72. The highest BCUT2D eigenvalue weighted by molar-refractivity contribution is 5.75. The maximum Gasteiger partial charge on any atom is 0.307 e. The maximum atomic E-state index is 10.8. The largest absolute Gasteiger partial charge is 0.494 e. The first kappa shape index (κ1) is 16.3. The van der Waals surface area contributed by atoms with Crippen molar-refractivity contribution in [2.75, 3.05) is 6.61 Å². The number of carbonyl (C=O) groups is 1. The number of hydrogen-bond donors (Lipinski definition) is 1. The van der Waals surface area contributed by atoms with Crippen LogP contribution in [0.1, 0.15) is 51.2 Å². The van der Waals surface area contributed by atoms with Gasteiger partial charge in [-0.3, -0.25) is 4.79 Å². The van der Waals surface area contributed by atoms with Crippen LogP contribution in [0.5, 0.6) is 5.75 Å². The van der Waals surface area contributed by atoms with Crippen LogP contribution in [0.2, 0.25) is 0 Å². The molecule has 0 atom stereocenters. The van der Waals surface area contributed by atoms with E-state index < -0.39 is 5.97 Å². The third-order valence-electron chi connectivity index (χ3n) is 3.16. The summed E-state index contributed by atoms with van der Waals surface area (Å²) < 4.78 is 5.53. The second-order valence-electron chi connectivity index (χ2n) is 4.68. The number of aryl methyl sites for hydroxylation is 1. The average Bonchev–Trinajstić information content (AvgIpc) is 2.43. The number of allylic oxidation sites excluding steroid dienone is 1. The van der Waals surface area contributed by atoms with Gasteiger partial charge in [0.05, 0.1) is 13.0 Å². The minimum atomic E-state index is -0.789. The first-order chi connectivity index (χ1) is 9.62. The molecule has 1 rings (SSSR count). The minimum absolute atomic E-state index is 0.0751. The van der Waals surface area contributed by atoms with Gasteiger partial charge in [-0.15, -0.1) is 0 Å². The predicted octanol–water partition coefficient (Wildman–Crippen LogP) is 4.31. The smallest absolute Gasteiger partial charge is 0.307 e. The van der Waals surface area contributed by atoms with E-state index in [1.54, 1.807) is 0 Å². The molecule has 0 aromatic heterocycles. The molecule has 0 radical (unpaired) electrons. The Morgan fingerprint density at radius 1 is 1.30 bits per heavy atom. The average molecular weight is 276 g/mol. The van der Waals surface area contributed by atoms with Crippen molar-refractivity contribution in [2.24, 2.45) is 0 Å². The van der Waals surface area contributed by atoms with E-state index in [2.05, 4.69) is 19.9 Å². The van der Waals surface area contributed by atoms with Crippen molar-refractivity contribution in [3.05, 3.63) is 35.4 Å². The second kappa shape index (κ2) is 8.41. The molecule has 0 fully saturated rings. The Hall–Kier alpha value is -1.77. The van der Waals surface area contributed by atoms with Crippen LogP contribution in [0.3, 0.4) is 0 Å². The van der Waals surface area contributed by atoms with Gasteiger partial charge in [0.15, 0.2) is 0 Å². The lowest BCUT2D eigenvalue weighted by atomic mass is 9.94. The van der Waals surface area contributed by atoms with Gasteiger partial charge in [0.2, 0.25) is 0 Å². The summed E-state index contributed by atoms with van der Waals surface area (Å²) in [6.45, 7) is 6.83. The van der Waals surface area contributed by atoms with Gasteiger partial charge in [-0.05, 0) is 48.6 Å². The van der Waals surface area contributed by atoms with Crippen LogP contribution in [-0.4, -0.2) is 17.7 Å². The number of benzene rings is 1. The van der Waals surface area contributed by atoms with E-state index in [1.165, 1.54) is 5.56 Å². The molecule has 0 unspecified atom stereocenters. The van der Waals surface area contributed by atoms with Crippen LogP contribution in [0.25, 0.3) is 5.57 Å². The Kier molecular flexibility index (Phi) is 6.85. The van der Waals surface area contributed by atoms with Gasteiger partial charge in [0.1, 0.15) is 5.75 Å². The van der Waals surface area contributed by atoms with Crippen molar-refractivity contribution in [3.8, 4) is 5.75 Å². The lowest BCUT2D eigenvalue weighted by molar-refractivity contribution is -0.135. The highest BCUT2D eigenvalue weighted by Crippen LogP contribution is 2.28. The van der Waals surface area contributed by atoms with Crippen LogP contribution in [0, 0.1) is 0 Å². The standard InChI is InChI=1S/C17H24O3/c1-4-7-14(8-11-17(18)19)16-10-9-15(20-6-3)12-13(16)5-2/h8-10,12H,4-7,11H2,1-3H3,(H,18,19)/b14-8+. The van der Waals surface area contributed by atoms with E-state index in [4.69, 9.17) is 9.84 Å². The number of rotatable bonds is 8. The third-order valence-corrected chi connectivity index (χ3v) is 3.16. The number of hydrogen-bond acceptors (Lipinski definition) is 2. The Labute approximate surface area is 121 Å². The molecule has 20 heavy (non-hydrogen) atoms. The molecule has 0 aliphatic carbocycles. The fourth-order valence-electron chi connectivity index (χ4n) is 2.26. The van der Waals surface area contributed by atoms with Crippen LogP contribution in [-0.2, 0) is 11.2 Å². The Balaban J connectivity index is 3.11. The van der Waals surface area contributed by atoms with Crippen molar-refractivity contribution in [3.63, 3.8) is 0 Å². The predicted molar refractivity (Wildman–Crippen MR) is 82.1 cm³/mol. The quantitative estimate of drug-likeness (QED) is 0.769. The van der Waals surface area contributed by atoms with Gasteiger partial charge >= 0.3 is 5.97 Å². The first-order valence-electron chi connectivity index (χ1n) is 7.29. The molecule has 3 heteroatoms. The first-order valence-corrected chi connectivity index (χ1v) is 7.29.